The summed E-state index contributed by atoms with van der Waals surface area (Å²) < 4.78 is 50.7. The van der Waals surface area contributed by atoms with Crippen LogP contribution < -0.4 is 10.6 Å². The van der Waals surface area contributed by atoms with Crippen LogP contribution in [-0.4, -0.2) is 29.6 Å². The molecule has 0 fully saturated rings. The number of phenolic OH excluding ortho intramolecular Hbond substituents is 1. The second kappa shape index (κ2) is 8.15. The minimum Gasteiger partial charge on any atom is -0.505 e. The Morgan fingerprint density at radius 2 is 2.08 bits per heavy atom. The molecule has 0 spiro atoms. The van der Waals surface area contributed by atoms with Crippen molar-refractivity contribution in [2.24, 2.45) is 4.99 Å². The highest BCUT2D eigenvalue weighted by Crippen LogP contribution is 2.29. The van der Waals surface area contributed by atoms with Crippen LogP contribution in [-0.2, 0) is 19.1 Å². The predicted octanol–water partition coefficient (Wildman–Crippen LogP) is 2.91. The predicted molar refractivity (Wildman–Crippen MR) is 87.1 cm³/mol. The van der Waals surface area contributed by atoms with Crippen molar-refractivity contribution >= 4 is 17.3 Å². The molecule has 2 aromatic rings. The number of thiazole rings is 1. The molecule has 0 amide bonds. The SMILES string of the molecule is CN=C(NCCc1nc(C(F)(F)F)cs1)NCc1ccc(O)c(F)c1. The van der Waals surface area contributed by atoms with Gasteiger partial charge in [0.1, 0.15) is 0 Å². The van der Waals surface area contributed by atoms with Gasteiger partial charge in [0.05, 0.1) is 5.01 Å². The van der Waals surface area contributed by atoms with Crippen molar-refractivity contribution in [1.29, 1.82) is 0 Å². The molecule has 1 aromatic heterocycles. The second-order valence-electron chi connectivity index (χ2n) is 5.01. The number of aromatic hydroxyl groups is 1. The van der Waals surface area contributed by atoms with Gasteiger partial charge in [-0.05, 0) is 17.7 Å². The Bertz CT molecular complexity index is 745. The van der Waals surface area contributed by atoms with Gasteiger partial charge in [0.15, 0.2) is 23.2 Å². The van der Waals surface area contributed by atoms with Crippen LogP contribution in [0.2, 0.25) is 0 Å². The number of hydrogen-bond donors (Lipinski definition) is 3. The van der Waals surface area contributed by atoms with Crippen molar-refractivity contribution in [1.82, 2.24) is 15.6 Å². The smallest absolute Gasteiger partial charge is 0.434 e. The van der Waals surface area contributed by atoms with Crippen molar-refractivity contribution in [3.05, 3.63) is 45.7 Å². The molecule has 0 aliphatic heterocycles. The van der Waals surface area contributed by atoms with Crippen LogP contribution in [0.1, 0.15) is 16.3 Å². The Morgan fingerprint density at radius 1 is 1.32 bits per heavy atom. The number of alkyl halides is 3. The topological polar surface area (TPSA) is 69.5 Å². The first-order valence-corrected chi connectivity index (χ1v) is 8.11. The summed E-state index contributed by atoms with van der Waals surface area (Å²) in [5.74, 6) is -0.722. The van der Waals surface area contributed by atoms with Crippen LogP contribution in [0.5, 0.6) is 5.75 Å². The molecule has 0 aliphatic carbocycles. The maximum atomic E-state index is 13.3. The summed E-state index contributed by atoms with van der Waals surface area (Å²) in [6, 6.07) is 4.01. The lowest BCUT2D eigenvalue weighted by atomic mass is 10.2. The van der Waals surface area contributed by atoms with E-state index in [2.05, 4.69) is 20.6 Å². The summed E-state index contributed by atoms with van der Waals surface area (Å²) in [7, 11) is 1.54. The van der Waals surface area contributed by atoms with Crippen LogP contribution in [0.4, 0.5) is 17.6 Å². The van der Waals surface area contributed by atoms with E-state index in [0.717, 1.165) is 16.7 Å². The average molecular weight is 376 g/mol. The zero-order chi connectivity index (χ0) is 18.4. The van der Waals surface area contributed by atoms with Gasteiger partial charge in [0, 0.05) is 31.9 Å². The number of nitrogens with one attached hydrogen (secondary N) is 2. The number of hydrogen-bond acceptors (Lipinski definition) is 4. The summed E-state index contributed by atoms with van der Waals surface area (Å²) >= 11 is 0.952. The van der Waals surface area contributed by atoms with Gasteiger partial charge < -0.3 is 15.7 Å². The highest BCUT2D eigenvalue weighted by Gasteiger charge is 2.33. The summed E-state index contributed by atoms with van der Waals surface area (Å²) in [4.78, 5) is 7.52. The molecular weight excluding hydrogens is 360 g/mol. The van der Waals surface area contributed by atoms with E-state index in [-0.39, 0.29) is 6.54 Å². The lowest BCUT2D eigenvalue weighted by molar-refractivity contribution is -0.140. The Morgan fingerprint density at radius 3 is 2.68 bits per heavy atom. The van der Waals surface area contributed by atoms with Crippen molar-refractivity contribution in [2.45, 2.75) is 19.1 Å². The largest absolute Gasteiger partial charge is 0.505 e. The monoisotopic (exact) mass is 376 g/mol. The van der Waals surface area contributed by atoms with Crippen LogP contribution in [0, 0.1) is 5.82 Å². The maximum absolute atomic E-state index is 13.3. The Hall–Kier alpha value is -2.36. The fraction of sp³-hybridized carbons (Fsp3) is 0.333. The van der Waals surface area contributed by atoms with E-state index in [1.54, 1.807) is 6.07 Å². The first kappa shape index (κ1) is 19.0. The molecule has 0 saturated carbocycles. The van der Waals surface area contributed by atoms with E-state index in [1.807, 2.05) is 0 Å². The molecular formula is C15H16F4N4OS. The Labute approximate surface area is 145 Å². The number of rotatable bonds is 5. The normalized spacial score (nSPS) is 12.3. The first-order valence-electron chi connectivity index (χ1n) is 7.23. The van der Waals surface area contributed by atoms with E-state index in [4.69, 9.17) is 5.11 Å². The highest BCUT2D eigenvalue weighted by atomic mass is 32.1. The third-order valence-corrected chi connectivity index (χ3v) is 4.08. The molecule has 0 atom stereocenters. The van der Waals surface area contributed by atoms with Gasteiger partial charge in [-0.3, -0.25) is 4.99 Å². The average Bonchev–Trinajstić information content (AvgIpc) is 3.03. The molecule has 0 saturated heterocycles. The maximum Gasteiger partial charge on any atom is 0.434 e. The number of phenols is 1. The molecule has 5 nitrogen and oxygen atoms in total. The molecule has 0 bridgehead atoms. The van der Waals surface area contributed by atoms with E-state index >= 15 is 0 Å². The minimum atomic E-state index is -4.43. The highest BCUT2D eigenvalue weighted by molar-refractivity contribution is 7.09. The van der Waals surface area contributed by atoms with Crippen LogP contribution in [0.25, 0.3) is 0 Å². The van der Waals surface area contributed by atoms with Crippen molar-refractivity contribution < 1.29 is 22.7 Å². The molecule has 136 valence electrons. The third-order valence-electron chi connectivity index (χ3n) is 3.17. The first-order chi connectivity index (χ1) is 11.8. The summed E-state index contributed by atoms with van der Waals surface area (Å²) in [5, 5.41) is 16.4. The number of aliphatic imine (C=N–C) groups is 1. The van der Waals surface area contributed by atoms with Crippen molar-refractivity contribution in [3.8, 4) is 5.75 Å². The molecule has 25 heavy (non-hydrogen) atoms. The van der Waals surface area contributed by atoms with Gasteiger partial charge in [0.25, 0.3) is 0 Å². The lowest BCUT2D eigenvalue weighted by Gasteiger charge is -2.11. The standard InChI is InChI=1S/C15H16F4N4OS/c1-20-14(22-7-9-2-3-11(24)10(16)6-9)21-5-4-13-23-12(8-25-13)15(17,18)19/h2-3,6,8,24H,4-5,7H2,1H3,(H2,20,21,22). The quantitative estimate of drug-likeness (QED) is 0.426. The lowest BCUT2D eigenvalue weighted by Crippen LogP contribution is -2.37. The fourth-order valence-corrected chi connectivity index (χ4v) is 2.72. The van der Waals surface area contributed by atoms with Gasteiger partial charge in [0.2, 0.25) is 0 Å². The van der Waals surface area contributed by atoms with E-state index < -0.39 is 23.4 Å². The van der Waals surface area contributed by atoms with Gasteiger partial charge in [-0.25, -0.2) is 9.37 Å². The summed E-state index contributed by atoms with van der Waals surface area (Å²) in [5.41, 5.74) is -0.280. The van der Waals surface area contributed by atoms with Gasteiger partial charge in [-0.2, -0.15) is 13.2 Å². The molecule has 0 unspecified atom stereocenters. The van der Waals surface area contributed by atoms with E-state index in [1.165, 1.54) is 19.2 Å². The van der Waals surface area contributed by atoms with Gasteiger partial charge >= 0.3 is 6.18 Å². The number of guanidine groups is 1. The molecule has 1 aromatic carbocycles. The number of nitrogens with zero attached hydrogens (tertiary/aromatic N) is 2. The van der Waals surface area contributed by atoms with Crippen molar-refractivity contribution in [2.75, 3.05) is 13.6 Å². The molecule has 0 aliphatic rings. The summed E-state index contributed by atoms with van der Waals surface area (Å²) in [6.07, 6.45) is -4.12. The molecule has 2 rings (SSSR count). The van der Waals surface area contributed by atoms with Gasteiger partial charge in [-0.15, -0.1) is 11.3 Å². The fourth-order valence-electron chi connectivity index (χ4n) is 1.91. The van der Waals surface area contributed by atoms with Crippen LogP contribution in [0.15, 0.2) is 28.6 Å². The molecule has 1 heterocycles. The second-order valence-corrected chi connectivity index (χ2v) is 5.96. The Balaban J connectivity index is 1.80. The Kier molecular flexibility index (Phi) is 6.18. The van der Waals surface area contributed by atoms with Crippen molar-refractivity contribution in [3.63, 3.8) is 0 Å². The zero-order valence-electron chi connectivity index (χ0n) is 13.2. The minimum absolute atomic E-state index is 0.270. The number of benzene rings is 1. The van der Waals surface area contributed by atoms with E-state index in [9.17, 15) is 17.6 Å². The van der Waals surface area contributed by atoms with E-state index in [0.29, 0.717) is 29.5 Å². The third kappa shape index (κ3) is 5.59. The van der Waals surface area contributed by atoms with Gasteiger partial charge in [-0.1, -0.05) is 6.07 Å². The number of halogens is 4. The number of aromatic nitrogens is 1. The molecule has 0 radical (unpaired) electrons. The molecule has 3 N–H and O–H groups in total. The van der Waals surface area contributed by atoms with Crippen LogP contribution in [0.3, 0.4) is 0 Å². The molecule has 10 heteroatoms. The zero-order valence-corrected chi connectivity index (χ0v) is 14.0. The summed E-state index contributed by atoms with van der Waals surface area (Å²) in [6.45, 7) is 0.612. The van der Waals surface area contributed by atoms with Crippen LogP contribution >= 0.6 is 11.3 Å².